The molecule has 2 heterocycles. The third-order valence-corrected chi connectivity index (χ3v) is 6.49. The second kappa shape index (κ2) is 5.26. The highest BCUT2D eigenvalue weighted by atomic mass is 32.2. The minimum Gasteiger partial charge on any atom is -0.395 e. The molecule has 0 radical (unpaired) electrons. The molecule has 0 aromatic carbocycles. The second-order valence-corrected chi connectivity index (χ2v) is 7.55. The average molecular weight is 290 g/mol. The molecular formula is C11H18N2O3S2. The fourth-order valence-electron chi connectivity index (χ4n) is 2.29. The molecule has 0 bridgehead atoms. The van der Waals surface area contributed by atoms with E-state index in [2.05, 4.69) is 4.72 Å². The van der Waals surface area contributed by atoms with E-state index in [1.807, 2.05) is 11.9 Å². The molecule has 0 unspecified atom stereocenters. The van der Waals surface area contributed by atoms with Crippen LogP contribution in [0.1, 0.15) is 12.0 Å². The Morgan fingerprint density at radius 3 is 2.83 bits per heavy atom. The van der Waals surface area contributed by atoms with E-state index in [0.29, 0.717) is 17.2 Å². The Morgan fingerprint density at radius 1 is 1.61 bits per heavy atom. The molecule has 0 spiro atoms. The van der Waals surface area contributed by atoms with Crippen molar-refractivity contribution in [3.8, 4) is 0 Å². The summed E-state index contributed by atoms with van der Waals surface area (Å²) in [6.07, 6.45) is 0.649. The van der Waals surface area contributed by atoms with Gasteiger partial charge in [0.1, 0.15) is 4.21 Å². The molecule has 1 aliphatic heterocycles. The highest BCUT2D eigenvalue weighted by Gasteiger charge is 2.32. The monoisotopic (exact) mass is 290 g/mol. The number of nitrogens with zero attached hydrogens (tertiary/aromatic N) is 1. The first kappa shape index (κ1) is 14.0. The van der Waals surface area contributed by atoms with Gasteiger partial charge >= 0.3 is 0 Å². The van der Waals surface area contributed by atoms with E-state index in [9.17, 15) is 8.42 Å². The predicted octanol–water partition coefficient (Wildman–Crippen LogP) is 0.400. The molecule has 2 rings (SSSR count). The van der Waals surface area contributed by atoms with Crippen LogP contribution in [-0.4, -0.2) is 50.7 Å². The van der Waals surface area contributed by atoms with Crippen LogP contribution in [0.3, 0.4) is 0 Å². The largest absolute Gasteiger partial charge is 0.395 e. The van der Waals surface area contributed by atoms with Crippen LogP contribution in [0.5, 0.6) is 0 Å². The highest BCUT2D eigenvalue weighted by Crippen LogP contribution is 2.23. The minimum atomic E-state index is -3.43. The summed E-state index contributed by atoms with van der Waals surface area (Å²) in [7, 11) is -1.53. The first-order valence-corrected chi connectivity index (χ1v) is 8.18. The smallest absolute Gasteiger partial charge is 0.250 e. The van der Waals surface area contributed by atoms with E-state index >= 15 is 0 Å². The van der Waals surface area contributed by atoms with E-state index in [1.165, 1.54) is 11.3 Å². The number of nitrogens with one attached hydrogen (secondary N) is 1. The van der Waals surface area contributed by atoms with Gasteiger partial charge in [-0.1, -0.05) is 0 Å². The Kier molecular flexibility index (Phi) is 4.08. The summed E-state index contributed by atoms with van der Waals surface area (Å²) in [6.45, 7) is 2.49. The van der Waals surface area contributed by atoms with Crippen molar-refractivity contribution in [2.24, 2.45) is 0 Å². The molecule has 7 heteroatoms. The molecule has 5 nitrogen and oxygen atoms in total. The Morgan fingerprint density at radius 2 is 2.33 bits per heavy atom. The number of hydrogen-bond acceptors (Lipinski definition) is 5. The van der Waals surface area contributed by atoms with E-state index < -0.39 is 10.0 Å². The molecule has 2 atom stereocenters. The van der Waals surface area contributed by atoms with Crippen LogP contribution in [0.15, 0.2) is 15.7 Å². The molecule has 0 saturated carbocycles. The lowest BCUT2D eigenvalue weighted by atomic mass is 10.2. The summed E-state index contributed by atoms with van der Waals surface area (Å²) in [6, 6.07) is 1.72. The summed E-state index contributed by atoms with van der Waals surface area (Å²) in [5.74, 6) is 0. The van der Waals surface area contributed by atoms with Gasteiger partial charge in [0.05, 0.1) is 6.61 Å². The third-order valence-electron chi connectivity index (χ3n) is 3.28. The van der Waals surface area contributed by atoms with Gasteiger partial charge in [0, 0.05) is 18.6 Å². The maximum atomic E-state index is 12.2. The fraction of sp³-hybridized carbons (Fsp3) is 0.636. The second-order valence-electron chi connectivity index (χ2n) is 4.72. The summed E-state index contributed by atoms with van der Waals surface area (Å²) >= 11 is 1.23. The van der Waals surface area contributed by atoms with Crippen LogP contribution >= 0.6 is 11.3 Å². The molecule has 1 aromatic heterocycles. The van der Waals surface area contributed by atoms with Crippen molar-refractivity contribution in [1.82, 2.24) is 9.62 Å². The summed E-state index contributed by atoms with van der Waals surface area (Å²) in [4.78, 5) is 1.98. The zero-order valence-corrected chi connectivity index (χ0v) is 12.1. The van der Waals surface area contributed by atoms with E-state index in [0.717, 1.165) is 5.56 Å². The van der Waals surface area contributed by atoms with Crippen LogP contribution < -0.4 is 4.72 Å². The zero-order valence-electron chi connectivity index (χ0n) is 10.5. The van der Waals surface area contributed by atoms with Crippen molar-refractivity contribution in [2.45, 2.75) is 29.6 Å². The maximum absolute atomic E-state index is 12.2. The zero-order chi connectivity index (χ0) is 13.3. The molecule has 0 amide bonds. The van der Waals surface area contributed by atoms with Gasteiger partial charge in [0.25, 0.3) is 10.0 Å². The number of aliphatic hydroxyl groups excluding tert-OH is 1. The van der Waals surface area contributed by atoms with Gasteiger partial charge in [-0.3, -0.25) is 4.90 Å². The minimum absolute atomic E-state index is 0.0436. The summed E-state index contributed by atoms with van der Waals surface area (Å²) in [5.41, 5.74) is 0.776. The van der Waals surface area contributed by atoms with E-state index in [1.54, 1.807) is 18.4 Å². The molecule has 1 aliphatic rings. The number of likely N-dealkylation sites (tertiary alicyclic amines) is 1. The van der Waals surface area contributed by atoms with Crippen molar-refractivity contribution >= 4 is 21.4 Å². The average Bonchev–Trinajstić information content (AvgIpc) is 2.84. The van der Waals surface area contributed by atoms with Crippen molar-refractivity contribution in [3.05, 3.63) is 17.0 Å². The number of rotatable bonds is 4. The van der Waals surface area contributed by atoms with Crippen LogP contribution in [-0.2, 0) is 10.0 Å². The third kappa shape index (κ3) is 2.75. The number of thiophene rings is 1. The predicted molar refractivity (Wildman–Crippen MR) is 71.3 cm³/mol. The van der Waals surface area contributed by atoms with Crippen molar-refractivity contribution in [2.75, 3.05) is 20.2 Å². The van der Waals surface area contributed by atoms with Crippen molar-refractivity contribution < 1.29 is 13.5 Å². The van der Waals surface area contributed by atoms with Gasteiger partial charge < -0.3 is 5.11 Å². The van der Waals surface area contributed by atoms with E-state index in [4.69, 9.17) is 5.11 Å². The van der Waals surface area contributed by atoms with E-state index in [-0.39, 0.29) is 18.7 Å². The number of hydrogen-bond donors (Lipinski definition) is 2. The molecule has 2 N–H and O–H groups in total. The molecule has 0 aliphatic carbocycles. The fourth-order valence-corrected chi connectivity index (χ4v) is 4.96. The van der Waals surface area contributed by atoms with Gasteiger partial charge in [0.15, 0.2) is 0 Å². The highest BCUT2D eigenvalue weighted by molar-refractivity contribution is 7.91. The normalized spacial score (nSPS) is 25.7. The van der Waals surface area contributed by atoms with Gasteiger partial charge in [-0.05, 0) is 37.4 Å². The van der Waals surface area contributed by atoms with Crippen LogP contribution in [0, 0.1) is 6.92 Å². The summed E-state index contributed by atoms with van der Waals surface area (Å²) < 4.78 is 27.5. The molecule has 18 heavy (non-hydrogen) atoms. The number of likely N-dealkylation sites (N-methyl/N-ethyl adjacent to an activating group) is 1. The molecular weight excluding hydrogens is 272 g/mol. The Bertz CT molecular complexity index is 512. The number of sulfonamides is 1. The Balaban J connectivity index is 2.09. The number of aryl methyl sites for hydroxylation is 1. The first-order chi connectivity index (χ1) is 8.44. The lowest BCUT2D eigenvalue weighted by molar-refractivity contribution is 0.182. The first-order valence-electron chi connectivity index (χ1n) is 5.81. The van der Waals surface area contributed by atoms with Gasteiger partial charge in [-0.15, -0.1) is 11.3 Å². The van der Waals surface area contributed by atoms with Crippen molar-refractivity contribution in [1.29, 1.82) is 0 Å². The topological polar surface area (TPSA) is 69.6 Å². The summed E-state index contributed by atoms with van der Waals surface area (Å²) in [5, 5.41) is 10.9. The molecule has 1 fully saturated rings. The van der Waals surface area contributed by atoms with Crippen LogP contribution in [0.2, 0.25) is 0 Å². The van der Waals surface area contributed by atoms with Gasteiger partial charge in [-0.2, -0.15) is 0 Å². The maximum Gasteiger partial charge on any atom is 0.250 e. The van der Waals surface area contributed by atoms with Gasteiger partial charge in [0.2, 0.25) is 0 Å². The van der Waals surface area contributed by atoms with Gasteiger partial charge in [-0.25, -0.2) is 13.1 Å². The van der Waals surface area contributed by atoms with Crippen LogP contribution in [0.4, 0.5) is 0 Å². The lowest BCUT2D eigenvalue weighted by Gasteiger charge is -2.15. The quantitative estimate of drug-likeness (QED) is 0.842. The Labute approximate surface area is 111 Å². The molecule has 1 aromatic rings. The standard InChI is InChI=1S/C11H18N2O3S2/c1-8-3-4-17-11(8)18(15,16)12-9-5-10(7-14)13(2)6-9/h3-4,9-10,12,14H,5-7H2,1-2H3/t9-,10+/m1/s1. The lowest BCUT2D eigenvalue weighted by Crippen LogP contribution is -2.36. The van der Waals surface area contributed by atoms with Crippen molar-refractivity contribution in [3.63, 3.8) is 0 Å². The number of aliphatic hydroxyl groups is 1. The molecule has 1 saturated heterocycles. The van der Waals surface area contributed by atoms with Crippen LogP contribution in [0.25, 0.3) is 0 Å². The SMILES string of the molecule is Cc1ccsc1S(=O)(=O)N[C@@H]1C[C@@H](CO)N(C)C1. The Hall–Kier alpha value is -0.470. The molecule has 102 valence electrons.